The monoisotopic (exact) mass is 650 g/mol. The average Bonchev–Trinajstić information content (AvgIpc) is 3.31. The Kier molecular flexibility index (Phi) is 9.80. The number of alkyl halides is 6. The van der Waals surface area contributed by atoms with Crippen LogP contribution >= 0.6 is 12.4 Å². The fraction of sp³-hybridized carbons (Fsp3) is 0.533. The maximum Gasteiger partial charge on any atom is 0.416 e. The molecule has 3 aliphatic rings. The lowest BCUT2D eigenvalue weighted by Crippen LogP contribution is -2.57. The fourth-order valence-corrected chi connectivity index (χ4v) is 6.71. The summed E-state index contributed by atoms with van der Waals surface area (Å²) in [5.41, 5.74) is -1.83. The van der Waals surface area contributed by atoms with Crippen molar-refractivity contribution in [1.29, 1.82) is 0 Å². The number of carbonyl (C=O) groups is 2. The molecule has 2 aromatic carbocycles. The van der Waals surface area contributed by atoms with E-state index in [1.54, 1.807) is 17.9 Å². The van der Waals surface area contributed by atoms with E-state index in [0.29, 0.717) is 50.0 Å². The third-order valence-corrected chi connectivity index (χ3v) is 8.85. The molecule has 0 bridgehead atoms. The van der Waals surface area contributed by atoms with E-state index in [-0.39, 0.29) is 48.6 Å². The molecule has 3 fully saturated rings. The second kappa shape index (κ2) is 12.7. The van der Waals surface area contributed by atoms with Crippen LogP contribution in [0.15, 0.2) is 36.4 Å². The van der Waals surface area contributed by atoms with Gasteiger partial charge in [0.25, 0.3) is 0 Å². The molecule has 0 saturated carbocycles. The molecule has 3 heterocycles. The van der Waals surface area contributed by atoms with Gasteiger partial charge in [-0.15, -0.1) is 12.4 Å². The minimum Gasteiger partial charge on any atom is -0.337 e. The number of rotatable bonds is 4. The Hall–Kier alpha value is -3.06. The third kappa shape index (κ3) is 7.09. The van der Waals surface area contributed by atoms with Crippen molar-refractivity contribution in [3.8, 4) is 0 Å². The summed E-state index contributed by atoms with van der Waals surface area (Å²) in [5.74, 6) is -0.272. The summed E-state index contributed by atoms with van der Waals surface area (Å²) in [7, 11) is 1.34. The zero-order valence-corrected chi connectivity index (χ0v) is 25.0. The molecule has 6 nitrogen and oxygen atoms in total. The van der Waals surface area contributed by atoms with Gasteiger partial charge in [0.1, 0.15) is 5.82 Å². The van der Waals surface area contributed by atoms with Crippen LogP contribution < -0.4 is 0 Å². The summed E-state index contributed by atoms with van der Waals surface area (Å²) in [5, 5.41) is 0. The molecule has 0 aromatic heterocycles. The number of urea groups is 1. The molecule has 0 radical (unpaired) electrons. The molecule has 0 N–H and O–H groups in total. The smallest absolute Gasteiger partial charge is 0.337 e. The van der Waals surface area contributed by atoms with E-state index in [0.717, 1.165) is 23.4 Å². The zero-order chi connectivity index (χ0) is 31.3. The van der Waals surface area contributed by atoms with E-state index in [1.165, 1.54) is 19.2 Å². The SMILES string of the molecule is Cc1cc(F)ccc1[C@H]1C[C@@H](N2CCN3C(=O)CC[C@@H]3C2)CCN1C(=O)N(C)Cc1cc(C(F)(F)F)cc(C(F)(F)F)c1.Cl. The maximum atomic E-state index is 14.0. The summed E-state index contributed by atoms with van der Waals surface area (Å²) >= 11 is 0. The standard InChI is InChI=1S/C30H33F7N4O2.ClH/c1-18-11-22(31)3-5-25(18)26-15-23(39-9-10-40-24(17-39)4-6-27(40)42)7-8-41(26)28(43)38(2)16-19-12-20(29(32,33)34)14-21(13-19)30(35,36)37;/h3,5,11-14,23-24,26H,4,6-10,15-17H2,1-2H3;1H/t23-,24+,26+;/m0./s1. The van der Waals surface area contributed by atoms with Crippen LogP contribution in [0.2, 0.25) is 0 Å². The number of carbonyl (C=O) groups excluding carboxylic acids is 2. The van der Waals surface area contributed by atoms with Gasteiger partial charge < -0.3 is 14.7 Å². The largest absolute Gasteiger partial charge is 0.416 e. The van der Waals surface area contributed by atoms with E-state index in [4.69, 9.17) is 0 Å². The maximum absolute atomic E-state index is 14.0. The first-order chi connectivity index (χ1) is 20.1. The number of hydrogen-bond donors (Lipinski definition) is 0. The summed E-state index contributed by atoms with van der Waals surface area (Å²) in [4.78, 5) is 32.9. The topological polar surface area (TPSA) is 47.1 Å². The number of amides is 3. The first kappa shape index (κ1) is 33.8. The molecule has 3 aliphatic heterocycles. The Balaban J connectivity index is 0.00000442. The lowest BCUT2D eigenvalue weighted by atomic mass is 9.88. The zero-order valence-electron chi connectivity index (χ0n) is 24.2. The molecular formula is C30H34ClF7N4O2. The number of likely N-dealkylation sites (tertiary alicyclic amines) is 1. The Morgan fingerprint density at radius 2 is 1.59 bits per heavy atom. The number of fused-ring (bicyclic) bond motifs is 1. The predicted molar refractivity (Wildman–Crippen MR) is 150 cm³/mol. The lowest BCUT2D eigenvalue weighted by molar-refractivity contribution is -0.143. The lowest BCUT2D eigenvalue weighted by Gasteiger charge is -2.48. The molecule has 44 heavy (non-hydrogen) atoms. The van der Waals surface area contributed by atoms with Gasteiger partial charge in [-0.05, 0) is 73.2 Å². The Morgan fingerprint density at radius 3 is 2.20 bits per heavy atom. The molecule has 242 valence electrons. The highest BCUT2D eigenvalue weighted by Gasteiger charge is 2.42. The van der Waals surface area contributed by atoms with E-state index in [9.17, 15) is 40.3 Å². The minimum atomic E-state index is -5.00. The van der Waals surface area contributed by atoms with E-state index in [1.807, 2.05) is 4.90 Å². The van der Waals surface area contributed by atoms with E-state index in [2.05, 4.69) is 4.90 Å². The van der Waals surface area contributed by atoms with E-state index >= 15 is 0 Å². The Bertz CT molecular complexity index is 1350. The summed E-state index contributed by atoms with van der Waals surface area (Å²) < 4.78 is 94.4. The van der Waals surface area contributed by atoms with Crippen LogP contribution in [0.3, 0.4) is 0 Å². The van der Waals surface area contributed by atoms with Crippen LogP contribution in [0.25, 0.3) is 0 Å². The Morgan fingerprint density at radius 1 is 0.932 bits per heavy atom. The predicted octanol–water partition coefficient (Wildman–Crippen LogP) is 6.66. The molecule has 0 unspecified atom stereocenters. The molecule has 0 aliphatic carbocycles. The first-order valence-electron chi connectivity index (χ1n) is 14.2. The Labute approximate surface area is 257 Å². The van der Waals surface area contributed by atoms with Gasteiger partial charge in [0.2, 0.25) is 5.91 Å². The molecule has 0 spiro atoms. The second-order valence-corrected chi connectivity index (χ2v) is 11.7. The normalized spacial score (nSPS) is 22.9. The highest BCUT2D eigenvalue weighted by molar-refractivity contribution is 5.85. The summed E-state index contributed by atoms with van der Waals surface area (Å²) in [6, 6.07) is 4.78. The van der Waals surface area contributed by atoms with Crippen LogP contribution in [0.4, 0.5) is 35.5 Å². The quantitative estimate of drug-likeness (QED) is 0.348. The van der Waals surface area contributed by atoms with Gasteiger partial charge in [-0.3, -0.25) is 9.69 Å². The highest BCUT2D eigenvalue weighted by Crippen LogP contribution is 2.39. The number of halogens is 8. The van der Waals surface area contributed by atoms with Crippen LogP contribution in [0.1, 0.15) is 59.5 Å². The number of aryl methyl sites for hydroxylation is 1. The second-order valence-electron chi connectivity index (χ2n) is 11.7. The molecule has 2 aromatic rings. The van der Waals surface area contributed by atoms with Gasteiger partial charge >= 0.3 is 18.4 Å². The van der Waals surface area contributed by atoms with Crippen molar-refractivity contribution in [2.45, 2.75) is 69.6 Å². The first-order valence-corrected chi connectivity index (χ1v) is 14.2. The number of hydrogen-bond acceptors (Lipinski definition) is 3. The van der Waals surface area contributed by atoms with Crippen LogP contribution in [0, 0.1) is 12.7 Å². The van der Waals surface area contributed by atoms with Crippen LogP contribution in [-0.2, 0) is 23.7 Å². The van der Waals surface area contributed by atoms with Crippen molar-refractivity contribution in [3.63, 3.8) is 0 Å². The van der Waals surface area contributed by atoms with Gasteiger partial charge in [-0.2, -0.15) is 26.3 Å². The van der Waals surface area contributed by atoms with Crippen LogP contribution in [-0.4, -0.2) is 76.8 Å². The summed E-state index contributed by atoms with van der Waals surface area (Å²) in [6.45, 7) is 3.58. The molecular weight excluding hydrogens is 617 g/mol. The van der Waals surface area contributed by atoms with Crippen molar-refractivity contribution in [3.05, 3.63) is 70.0 Å². The fourth-order valence-electron chi connectivity index (χ4n) is 6.71. The number of piperidine rings is 1. The number of nitrogens with zero attached hydrogens (tertiary/aromatic N) is 4. The van der Waals surface area contributed by atoms with Gasteiger partial charge in [-0.1, -0.05) is 6.07 Å². The van der Waals surface area contributed by atoms with Crippen molar-refractivity contribution < 1.29 is 40.3 Å². The van der Waals surface area contributed by atoms with E-state index < -0.39 is 47.9 Å². The van der Waals surface area contributed by atoms with Gasteiger partial charge in [0.05, 0.1) is 17.2 Å². The minimum absolute atomic E-state index is 0. The van der Waals surface area contributed by atoms with Crippen molar-refractivity contribution >= 4 is 24.3 Å². The van der Waals surface area contributed by atoms with Crippen molar-refractivity contribution in [2.24, 2.45) is 0 Å². The summed E-state index contributed by atoms with van der Waals surface area (Å²) in [6.07, 6.45) is -7.56. The molecule has 3 amide bonds. The molecule has 3 saturated heterocycles. The average molecular weight is 651 g/mol. The molecule has 5 rings (SSSR count). The molecule has 3 atom stereocenters. The van der Waals surface area contributed by atoms with Gasteiger partial charge in [0, 0.05) is 58.3 Å². The van der Waals surface area contributed by atoms with Crippen molar-refractivity contribution in [1.82, 2.24) is 19.6 Å². The third-order valence-electron chi connectivity index (χ3n) is 8.85. The van der Waals surface area contributed by atoms with Gasteiger partial charge in [0.15, 0.2) is 0 Å². The number of piperazine rings is 1. The van der Waals surface area contributed by atoms with Crippen molar-refractivity contribution in [2.75, 3.05) is 33.2 Å². The van der Waals surface area contributed by atoms with Crippen LogP contribution in [0.5, 0.6) is 0 Å². The molecule has 14 heteroatoms. The highest BCUT2D eigenvalue weighted by atomic mass is 35.5. The number of benzene rings is 2. The van der Waals surface area contributed by atoms with Gasteiger partial charge in [-0.25, -0.2) is 9.18 Å².